The number of hydrogen-bond donors (Lipinski definition) is 1. The first-order chi connectivity index (χ1) is 9.24. The van der Waals surface area contributed by atoms with Crippen LogP contribution in [0.1, 0.15) is 18.4 Å². The van der Waals surface area contributed by atoms with Crippen molar-refractivity contribution in [3.8, 4) is 0 Å². The van der Waals surface area contributed by atoms with Gasteiger partial charge in [-0.3, -0.25) is 4.90 Å². The van der Waals surface area contributed by atoms with E-state index in [1.807, 2.05) is 0 Å². The fourth-order valence-corrected chi connectivity index (χ4v) is 2.58. The van der Waals surface area contributed by atoms with Crippen LogP contribution < -0.4 is 5.32 Å². The number of halogens is 1. The molecule has 1 heterocycles. The lowest BCUT2D eigenvalue weighted by Gasteiger charge is -2.24. The molecule has 0 aromatic heterocycles. The molecule has 0 bridgehead atoms. The minimum atomic E-state index is 0.460. The number of nitrogens with zero attached hydrogens (tertiary/aromatic N) is 1. The number of rotatable bonds is 6. The molecule has 1 aliphatic rings. The Hall–Kier alpha value is -0.420. The van der Waals surface area contributed by atoms with Gasteiger partial charge in [0.25, 0.3) is 0 Å². The van der Waals surface area contributed by atoms with E-state index < -0.39 is 0 Å². The van der Waals surface area contributed by atoms with E-state index in [1.165, 1.54) is 5.56 Å². The Morgan fingerprint density at radius 1 is 1.26 bits per heavy atom. The number of hydrogen-bond acceptors (Lipinski definition) is 3. The average molecular weight is 327 g/mol. The van der Waals surface area contributed by atoms with Crippen LogP contribution >= 0.6 is 15.9 Å². The zero-order valence-electron chi connectivity index (χ0n) is 11.6. The van der Waals surface area contributed by atoms with Gasteiger partial charge in [-0.25, -0.2) is 0 Å². The smallest absolute Gasteiger partial charge is 0.0600 e. The topological polar surface area (TPSA) is 24.5 Å². The van der Waals surface area contributed by atoms with Crippen molar-refractivity contribution in [3.63, 3.8) is 0 Å². The van der Waals surface area contributed by atoms with Crippen molar-refractivity contribution >= 4 is 15.9 Å². The molecule has 2 rings (SSSR count). The standard InChI is InChI=1S/C15H23BrN2O/c1-18(12-13-2-4-14(16)5-3-13)10-11-19-15-6-8-17-9-7-15/h2-5,15,17H,6-12H2,1H3. The second kappa shape index (κ2) is 8.00. The Bertz CT molecular complexity index is 363. The molecule has 0 amide bonds. The van der Waals surface area contributed by atoms with Crippen LogP contribution in [0, 0.1) is 0 Å². The van der Waals surface area contributed by atoms with E-state index in [0.29, 0.717) is 6.10 Å². The Morgan fingerprint density at radius 3 is 2.63 bits per heavy atom. The fourth-order valence-electron chi connectivity index (χ4n) is 2.32. The molecule has 0 radical (unpaired) electrons. The molecular formula is C15H23BrN2O. The summed E-state index contributed by atoms with van der Waals surface area (Å²) < 4.78 is 7.05. The number of benzene rings is 1. The van der Waals surface area contributed by atoms with Crippen molar-refractivity contribution in [1.82, 2.24) is 10.2 Å². The van der Waals surface area contributed by atoms with Gasteiger partial charge in [0, 0.05) is 17.6 Å². The predicted octanol–water partition coefficient (Wildman–Crippen LogP) is 2.65. The van der Waals surface area contributed by atoms with Crippen molar-refractivity contribution in [2.24, 2.45) is 0 Å². The first-order valence-electron chi connectivity index (χ1n) is 6.99. The van der Waals surface area contributed by atoms with Gasteiger partial charge in [-0.1, -0.05) is 28.1 Å². The molecule has 1 N–H and O–H groups in total. The van der Waals surface area contributed by atoms with Crippen LogP contribution in [0.5, 0.6) is 0 Å². The molecule has 1 aromatic rings. The lowest BCUT2D eigenvalue weighted by molar-refractivity contribution is 0.0224. The van der Waals surface area contributed by atoms with E-state index in [1.54, 1.807) is 0 Å². The van der Waals surface area contributed by atoms with Gasteiger partial charge < -0.3 is 10.1 Å². The van der Waals surface area contributed by atoms with Crippen LogP contribution in [0.15, 0.2) is 28.7 Å². The van der Waals surface area contributed by atoms with Crippen LogP contribution in [-0.4, -0.2) is 44.3 Å². The number of nitrogens with one attached hydrogen (secondary N) is 1. The van der Waals surface area contributed by atoms with Gasteiger partial charge in [0.05, 0.1) is 12.7 Å². The second-order valence-corrected chi connectivity index (χ2v) is 6.10. The SMILES string of the molecule is CN(CCOC1CCNCC1)Cc1ccc(Br)cc1. The lowest BCUT2D eigenvalue weighted by atomic mass is 10.1. The number of ether oxygens (including phenoxy) is 1. The molecule has 1 saturated heterocycles. The van der Waals surface area contributed by atoms with Crippen molar-refractivity contribution in [3.05, 3.63) is 34.3 Å². The van der Waals surface area contributed by atoms with Crippen molar-refractivity contribution in [2.45, 2.75) is 25.5 Å². The highest BCUT2D eigenvalue weighted by Gasteiger charge is 2.13. The minimum absolute atomic E-state index is 0.460. The molecular weight excluding hydrogens is 304 g/mol. The summed E-state index contributed by atoms with van der Waals surface area (Å²) in [6, 6.07) is 8.51. The molecule has 0 unspecified atom stereocenters. The van der Waals surface area contributed by atoms with Crippen LogP contribution in [-0.2, 0) is 11.3 Å². The van der Waals surface area contributed by atoms with E-state index in [2.05, 4.69) is 57.5 Å². The van der Waals surface area contributed by atoms with Gasteiger partial charge in [0.15, 0.2) is 0 Å². The van der Waals surface area contributed by atoms with Crippen LogP contribution in [0.25, 0.3) is 0 Å². The highest BCUT2D eigenvalue weighted by molar-refractivity contribution is 9.10. The molecule has 3 nitrogen and oxygen atoms in total. The molecule has 4 heteroatoms. The quantitative estimate of drug-likeness (QED) is 0.869. The maximum absolute atomic E-state index is 5.92. The van der Waals surface area contributed by atoms with E-state index in [-0.39, 0.29) is 0 Å². The van der Waals surface area contributed by atoms with Crippen LogP contribution in [0.2, 0.25) is 0 Å². The first-order valence-corrected chi connectivity index (χ1v) is 7.78. The summed E-state index contributed by atoms with van der Waals surface area (Å²) in [6.07, 6.45) is 2.76. The van der Waals surface area contributed by atoms with Crippen LogP contribution in [0.3, 0.4) is 0 Å². The van der Waals surface area contributed by atoms with Gasteiger partial charge in [-0.2, -0.15) is 0 Å². The Kier molecular flexibility index (Phi) is 6.31. The van der Waals surface area contributed by atoms with E-state index in [4.69, 9.17) is 4.74 Å². The summed E-state index contributed by atoms with van der Waals surface area (Å²) in [7, 11) is 2.15. The van der Waals surface area contributed by atoms with Gasteiger partial charge in [0.2, 0.25) is 0 Å². The van der Waals surface area contributed by atoms with E-state index >= 15 is 0 Å². The zero-order valence-corrected chi connectivity index (χ0v) is 13.2. The zero-order chi connectivity index (χ0) is 13.5. The summed E-state index contributed by atoms with van der Waals surface area (Å²) in [5.41, 5.74) is 1.34. The number of likely N-dealkylation sites (N-methyl/N-ethyl adjacent to an activating group) is 1. The molecule has 1 aromatic carbocycles. The molecule has 0 spiro atoms. The Labute approximate surface area is 124 Å². The van der Waals surface area contributed by atoms with E-state index in [9.17, 15) is 0 Å². The predicted molar refractivity (Wildman–Crippen MR) is 82.3 cm³/mol. The van der Waals surface area contributed by atoms with E-state index in [0.717, 1.165) is 50.1 Å². The average Bonchev–Trinajstić information content (AvgIpc) is 2.43. The van der Waals surface area contributed by atoms with Crippen LogP contribution in [0.4, 0.5) is 0 Å². The maximum Gasteiger partial charge on any atom is 0.0600 e. The monoisotopic (exact) mass is 326 g/mol. The third-order valence-electron chi connectivity index (χ3n) is 3.48. The summed E-state index contributed by atoms with van der Waals surface area (Å²) in [5.74, 6) is 0. The summed E-state index contributed by atoms with van der Waals surface area (Å²) in [6.45, 7) is 4.99. The number of piperidine rings is 1. The van der Waals surface area contributed by atoms with Gasteiger partial charge in [-0.05, 0) is 50.7 Å². The van der Waals surface area contributed by atoms with Crippen molar-refractivity contribution < 1.29 is 4.74 Å². The van der Waals surface area contributed by atoms with Gasteiger partial charge in [-0.15, -0.1) is 0 Å². The second-order valence-electron chi connectivity index (χ2n) is 5.18. The molecule has 0 aliphatic carbocycles. The van der Waals surface area contributed by atoms with Gasteiger partial charge >= 0.3 is 0 Å². The fraction of sp³-hybridized carbons (Fsp3) is 0.600. The largest absolute Gasteiger partial charge is 0.377 e. The van der Waals surface area contributed by atoms with Crippen molar-refractivity contribution in [1.29, 1.82) is 0 Å². The first kappa shape index (κ1) is 15.0. The maximum atomic E-state index is 5.92. The Balaban J connectivity index is 1.63. The Morgan fingerprint density at radius 2 is 1.95 bits per heavy atom. The summed E-state index contributed by atoms with van der Waals surface area (Å²) in [5, 5.41) is 3.36. The third-order valence-corrected chi connectivity index (χ3v) is 4.01. The molecule has 19 heavy (non-hydrogen) atoms. The summed E-state index contributed by atoms with van der Waals surface area (Å²) >= 11 is 3.46. The molecule has 106 valence electrons. The molecule has 0 atom stereocenters. The normalized spacial score (nSPS) is 17.0. The molecule has 0 saturated carbocycles. The van der Waals surface area contributed by atoms with Gasteiger partial charge in [0.1, 0.15) is 0 Å². The lowest BCUT2D eigenvalue weighted by Crippen LogP contribution is -2.34. The molecule has 1 fully saturated rings. The summed E-state index contributed by atoms with van der Waals surface area (Å²) in [4.78, 5) is 2.31. The van der Waals surface area contributed by atoms with Crippen molar-refractivity contribution in [2.75, 3.05) is 33.3 Å². The highest BCUT2D eigenvalue weighted by atomic mass is 79.9. The molecule has 1 aliphatic heterocycles. The minimum Gasteiger partial charge on any atom is -0.377 e. The highest BCUT2D eigenvalue weighted by Crippen LogP contribution is 2.12. The third kappa shape index (κ3) is 5.61.